The Morgan fingerprint density at radius 3 is 2.43 bits per heavy atom. The molecule has 0 radical (unpaired) electrons. The maximum absolute atomic E-state index is 12.3. The first kappa shape index (κ1) is 16.1. The highest BCUT2D eigenvalue weighted by molar-refractivity contribution is 6.30. The van der Waals surface area contributed by atoms with Crippen molar-refractivity contribution in [2.24, 2.45) is 11.7 Å². The van der Waals surface area contributed by atoms with Crippen LogP contribution in [0.1, 0.15) is 19.8 Å². The molecule has 1 amide bonds. The zero-order chi connectivity index (χ0) is 15.2. The van der Waals surface area contributed by atoms with E-state index >= 15 is 0 Å². The number of piperazine rings is 1. The minimum atomic E-state index is 0.0793. The third-order valence-electron chi connectivity index (χ3n) is 4.05. The summed E-state index contributed by atoms with van der Waals surface area (Å²) in [5, 5.41) is 0.751. The normalized spacial score (nSPS) is 16.9. The Bertz CT molecular complexity index is 455. The molecule has 1 aliphatic heterocycles. The van der Waals surface area contributed by atoms with Crippen molar-refractivity contribution in [3.05, 3.63) is 29.3 Å². The molecule has 0 aromatic heterocycles. The van der Waals surface area contributed by atoms with E-state index < -0.39 is 0 Å². The van der Waals surface area contributed by atoms with E-state index in [0.29, 0.717) is 6.54 Å². The summed E-state index contributed by atoms with van der Waals surface area (Å²) in [6, 6.07) is 7.87. The smallest absolute Gasteiger partial charge is 0.225 e. The third kappa shape index (κ3) is 4.35. The maximum atomic E-state index is 12.3. The first-order valence-corrected chi connectivity index (χ1v) is 7.99. The molecule has 2 rings (SSSR count). The van der Waals surface area contributed by atoms with E-state index in [1.807, 2.05) is 36.1 Å². The lowest BCUT2D eigenvalue weighted by Crippen LogP contribution is -2.50. The third-order valence-corrected chi connectivity index (χ3v) is 4.30. The van der Waals surface area contributed by atoms with Gasteiger partial charge in [0, 0.05) is 42.8 Å². The molecule has 0 aliphatic carbocycles. The van der Waals surface area contributed by atoms with Gasteiger partial charge in [-0.15, -0.1) is 0 Å². The van der Waals surface area contributed by atoms with Crippen molar-refractivity contribution in [1.82, 2.24) is 4.90 Å². The molecule has 21 heavy (non-hydrogen) atoms. The number of hydrogen-bond acceptors (Lipinski definition) is 3. The first-order chi connectivity index (χ1) is 10.1. The quantitative estimate of drug-likeness (QED) is 0.908. The fourth-order valence-corrected chi connectivity index (χ4v) is 2.82. The molecule has 0 bridgehead atoms. The molecule has 1 heterocycles. The average molecular weight is 310 g/mol. The number of rotatable bonds is 5. The van der Waals surface area contributed by atoms with Crippen LogP contribution in [-0.4, -0.2) is 43.5 Å². The van der Waals surface area contributed by atoms with Crippen molar-refractivity contribution in [1.29, 1.82) is 0 Å². The zero-order valence-corrected chi connectivity index (χ0v) is 13.4. The second kappa shape index (κ2) is 7.66. The number of halogens is 1. The van der Waals surface area contributed by atoms with Crippen LogP contribution in [0.2, 0.25) is 5.02 Å². The number of nitrogens with two attached hydrogens (primary N) is 1. The van der Waals surface area contributed by atoms with Crippen LogP contribution in [0, 0.1) is 5.92 Å². The molecular formula is C16H24ClN3O. The summed E-state index contributed by atoms with van der Waals surface area (Å²) in [5.74, 6) is 0.342. The van der Waals surface area contributed by atoms with E-state index in [0.717, 1.165) is 44.0 Å². The molecule has 2 N–H and O–H groups in total. The molecule has 1 fully saturated rings. The fraction of sp³-hybridized carbons (Fsp3) is 0.562. The van der Waals surface area contributed by atoms with Crippen LogP contribution in [0.5, 0.6) is 0 Å². The largest absolute Gasteiger partial charge is 0.368 e. The summed E-state index contributed by atoms with van der Waals surface area (Å²) in [7, 11) is 0. The summed E-state index contributed by atoms with van der Waals surface area (Å²) in [4.78, 5) is 16.6. The number of anilines is 1. The number of nitrogens with zero attached hydrogens (tertiary/aromatic N) is 2. The minimum Gasteiger partial charge on any atom is -0.368 e. The summed E-state index contributed by atoms with van der Waals surface area (Å²) < 4.78 is 0. The molecule has 5 heteroatoms. The summed E-state index contributed by atoms with van der Waals surface area (Å²) in [6.07, 6.45) is 1.80. The summed E-state index contributed by atoms with van der Waals surface area (Å²) >= 11 is 5.91. The molecule has 116 valence electrons. The van der Waals surface area contributed by atoms with Crippen LogP contribution in [0.3, 0.4) is 0 Å². The molecule has 1 aromatic carbocycles. The number of amides is 1. The highest BCUT2D eigenvalue weighted by atomic mass is 35.5. The Morgan fingerprint density at radius 2 is 1.86 bits per heavy atom. The van der Waals surface area contributed by atoms with Crippen molar-refractivity contribution in [3.8, 4) is 0 Å². The molecule has 1 aromatic rings. The molecule has 1 saturated heterocycles. The van der Waals surface area contributed by atoms with Gasteiger partial charge in [0.05, 0.1) is 0 Å². The van der Waals surface area contributed by atoms with E-state index in [2.05, 4.69) is 4.90 Å². The first-order valence-electron chi connectivity index (χ1n) is 7.61. The Morgan fingerprint density at radius 1 is 1.24 bits per heavy atom. The van der Waals surface area contributed by atoms with Crippen molar-refractivity contribution in [3.63, 3.8) is 0 Å². The predicted molar refractivity (Wildman–Crippen MR) is 87.7 cm³/mol. The predicted octanol–water partition coefficient (Wildman–Crippen LogP) is 2.36. The van der Waals surface area contributed by atoms with Crippen LogP contribution in [-0.2, 0) is 4.79 Å². The number of hydrogen-bond donors (Lipinski definition) is 1. The number of carbonyl (C=O) groups excluding carboxylic acids is 1. The van der Waals surface area contributed by atoms with Gasteiger partial charge in [0.15, 0.2) is 0 Å². The van der Waals surface area contributed by atoms with Crippen molar-refractivity contribution in [2.75, 3.05) is 37.6 Å². The molecule has 1 unspecified atom stereocenters. The Labute approximate surface area is 131 Å². The van der Waals surface area contributed by atoms with Crippen LogP contribution >= 0.6 is 11.6 Å². The van der Waals surface area contributed by atoms with Crippen molar-refractivity contribution >= 4 is 23.2 Å². The lowest BCUT2D eigenvalue weighted by atomic mass is 10.0. The second-order valence-corrected chi connectivity index (χ2v) is 6.06. The van der Waals surface area contributed by atoms with Gasteiger partial charge >= 0.3 is 0 Å². The van der Waals surface area contributed by atoms with E-state index in [1.165, 1.54) is 5.69 Å². The lowest BCUT2D eigenvalue weighted by Gasteiger charge is -2.37. The Kier molecular flexibility index (Phi) is 5.88. The highest BCUT2D eigenvalue weighted by Crippen LogP contribution is 2.20. The van der Waals surface area contributed by atoms with Crippen LogP contribution in [0.25, 0.3) is 0 Å². The molecule has 1 atom stereocenters. The Hall–Kier alpha value is -1.26. The van der Waals surface area contributed by atoms with Crippen LogP contribution in [0.15, 0.2) is 24.3 Å². The number of benzene rings is 1. The molecular weight excluding hydrogens is 286 g/mol. The molecule has 4 nitrogen and oxygen atoms in total. The van der Waals surface area contributed by atoms with Gasteiger partial charge in [-0.1, -0.05) is 18.5 Å². The van der Waals surface area contributed by atoms with Gasteiger partial charge in [-0.2, -0.15) is 0 Å². The van der Waals surface area contributed by atoms with Gasteiger partial charge in [-0.25, -0.2) is 0 Å². The van der Waals surface area contributed by atoms with Gasteiger partial charge < -0.3 is 15.5 Å². The maximum Gasteiger partial charge on any atom is 0.225 e. The van der Waals surface area contributed by atoms with Crippen LogP contribution in [0.4, 0.5) is 5.69 Å². The fourth-order valence-electron chi connectivity index (χ4n) is 2.70. The van der Waals surface area contributed by atoms with Gasteiger partial charge in [0.25, 0.3) is 0 Å². The van der Waals surface area contributed by atoms with E-state index in [4.69, 9.17) is 17.3 Å². The topological polar surface area (TPSA) is 49.6 Å². The lowest BCUT2D eigenvalue weighted by molar-refractivity contribution is -0.135. The number of carbonyl (C=O) groups is 1. The highest BCUT2D eigenvalue weighted by Gasteiger charge is 2.24. The van der Waals surface area contributed by atoms with Gasteiger partial charge in [0.1, 0.15) is 0 Å². The average Bonchev–Trinajstić information content (AvgIpc) is 2.53. The van der Waals surface area contributed by atoms with Gasteiger partial charge in [-0.05, 0) is 43.7 Å². The summed E-state index contributed by atoms with van der Waals surface area (Å²) in [5.41, 5.74) is 6.68. The van der Waals surface area contributed by atoms with Gasteiger partial charge in [-0.3, -0.25) is 4.79 Å². The van der Waals surface area contributed by atoms with Gasteiger partial charge in [0.2, 0.25) is 5.91 Å². The van der Waals surface area contributed by atoms with E-state index in [9.17, 15) is 4.79 Å². The second-order valence-electron chi connectivity index (χ2n) is 5.62. The molecule has 0 spiro atoms. The monoisotopic (exact) mass is 309 g/mol. The Balaban J connectivity index is 1.85. The molecule has 1 aliphatic rings. The molecule has 0 saturated carbocycles. The van der Waals surface area contributed by atoms with Crippen molar-refractivity contribution in [2.45, 2.75) is 19.8 Å². The van der Waals surface area contributed by atoms with Crippen LogP contribution < -0.4 is 10.6 Å². The van der Waals surface area contributed by atoms with E-state index in [-0.39, 0.29) is 11.8 Å². The zero-order valence-electron chi connectivity index (χ0n) is 12.6. The standard InChI is InChI=1S/C16H24ClN3O/c1-13(3-2-8-18)16(21)20-11-9-19(10-12-20)15-6-4-14(17)5-7-15/h4-7,13H,2-3,8-12,18H2,1H3. The SMILES string of the molecule is CC(CCCN)C(=O)N1CCN(c2ccc(Cl)cc2)CC1. The minimum absolute atomic E-state index is 0.0793. The summed E-state index contributed by atoms with van der Waals surface area (Å²) in [6.45, 7) is 5.97. The van der Waals surface area contributed by atoms with Crippen molar-refractivity contribution < 1.29 is 4.79 Å². The van der Waals surface area contributed by atoms with E-state index in [1.54, 1.807) is 0 Å².